The van der Waals surface area contributed by atoms with Crippen LogP contribution < -0.4 is 0 Å². The van der Waals surface area contributed by atoms with Crippen molar-refractivity contribution in [2.75, 3.05) is 12.0 Å². The molecule has 0 atom stereocenters. The Morgan fingerprint density at radius 1 is 1.57 bits per heavy atom. The molecule has 0 spiro atoms. The van der Waals surface area contributed by atoms with E-state index in [0.717, 1.165) is 0 Å². The average Bonchev–Trinajstić information content (AvgIpc) is 2.02. The van der Waals surface area contributed by atoms with E-state index in [2.05, 4.69) is 15.9 Å². The second kappa shape index (κ2) is 6.01. The third-order valence-corrected chi connectivity index (χ3v) is 1.82. The van der Waals surface area contributed by atoms with Gasteiger partial charge >= 0.3 is 6.09 Å². The lowest BCUT2D eigenvalue weighted by Crippen LogP contribution is -2.36. The Bertz CT molecular complexity index is 213. The molecule has 0 unspecified atom stereocenters. The molecular formula is C9H15BrFNO2. The number of amides is 1. The van der Waals surface area contributed by atoms with E-state index < -0.39 is 11.7 Å². The van der Waals surface area contributed by atoms with Crippen molar-refractivity contribution in [1.29, 1.82) is 0 Å². The fourth-order valence-electron chi connectivity index (χ4n) is 0.666. The molecule has 0 radical (unpaired) electrons. The number of hydrogen-bond acceptors (Lipinski definition) is 2. The van der Waals surface area contributed by atoms with Gasteiger partial charge in [0, 0.05) is 6.54 Å². The zero-order valence-electron chi connectivity index (χ0n) is 8.59. The number of alkyl halides is 1. The summed E-state index contributed by atoms with van der Waals surface area (Å²) in [5.41, 5.74) is -0.219. The number of halogens is 2. The molecule has 3 nitrogen and oxygen atoms in total. The van der Waals surface area contributed by atoms with E-state index in [1.807, 2.05) is 0 Å². The van der Waals surface area contributed by atoms with Crippen LogP contribution in [-0.4, -0.2) is 28.6 Å². The number of carbonyl (C=O) groups excluding carboxylic acids is 1. The smallest absolute Gasteiger partial charge is 0.411 e. The number of carbonyl (C=O) groups is 1. The summed E-state index contributed by atoms with van der Waals surface area (Å²) in [6.07, 6.45) is 1.18. The first kappa shape index (κ1) is 13.4. The molecule has 0 heterocycles. The summed E-state index contributed by atoms with van der Waals surface area (Å²) in [6, 6.07) is 0. The van der Waals surface area contributed by atoms with Gasteiger partial charge in [0.05, 0.1) is 11.8 Å². The van der Waals surface area contributed by atoms with Crippen molar-refractivity contribution >= 4 is 22.0 Å². The van der Waals surface area contributed by atoms with Gasteiger partial charge in [0.15, 0.2) is 0 Å². The Morgan fingerprint density at radius 3 is 2.50 bits per heavy atom. The molecule has 1 amide bonds. The summed E-state index contributed by atoms with van der Waals surface area (Å²) >= 11 is 3.12. The van der Waals surface area contributed by atoms with E-state index in [9.17, 15) is 9.18 Å². The first-order chi connectivity index (χ1) is 6.40. The molecule has 0 aromatic rings. The Balaban J connectivity index is 4.18. The predicted octanol–water partition coefficient (Wildman–Crippen LogP) is 3.06. The SMILES string of the molecule is CC(C)(C)OC(=O)N(CBr)CC=CF. The van der Waals surface area contributed by atoms with Gasteiger partial charge in [-0.2, -0.15) is 0 Å². The molecule has 0 N–H and O–H groups in total. The molecule has 0 saturated heterocycles. The highest BCUT2D eigenvalue weighted by Crippen LogP contribution is 2.10. The van der Waals surface area contributed by atoms with Gasteiger partial charge in [0.1, 0.15) is 5.60 Å². The molecule has 0 aliphatic rings. The third-order valence-electron chi connectivity index (χ3n) is 1.21. The average molecular weight is 268 g/mol. The Hall–Kier alpha value is -0.580. The van der Waals surface area contributed by atoms with Crippen molar-refractivity contribution in [3.05, 3.63) is 12.4 Å². The monoisotopic (exact) mass is 267 g/mol. The highest BCUT2D eigenvalue weighted by atomic mass is 79.9. The summed E-state index contributed by atoms with van der Waals surface area (Å²) in [6.45, 7) is 5.53. The minimum absolute atomic E-state index is 0.191. The molecule has 0 aliphatic heterocycles. The van der Waals surface area contributed by atoms with Crippen LogP contribution in [0.3, 0.4) is 0 Å². The zero-order valence-corrected chi connectivity index (χ0v) is 10.2. The molecule has 0 aromatic heterocycles. The number of rotatable bonds is 3. The standard InChI is InChI=1S/C9H15BrFNO2/c1-9(2,3)14-8(13)12(7-10)6-4-5-11/h4-5H,6-7H2,1-3H3. The summed E-state index contributed by atoms with van der Waals surface area (Å²) < 4.78 is 16.8. The maximum Gasteiger partial charge on any atom is 0.411 e. The molecule has 0 saturated carbocycles. The van der Waals surface area contributed by atoms with E-state index in [0.29, 0.717) is 11.8 Å². The highest BCUT2D eigenvalue weighted by molar-refractivity contribution is 9.09. The van der Waals surface area contributed by atoms with Crippen LogP contribution in [0.1, 0.15) is 20.8 Å². The first-order valence-corrected chi connectivity index (χ1v) is 5.32. The lowest BCUT2D eigenvalue weighted by molar-refractivity contribution is 0.0309. The van der Waals surface area contributed by atoms with Gasteiger partial charge in [0.2, 0.25) is 0 Å². The molecular weight excluding hydrogens is 253 g/mol. The third kappa shape index (κ3) is 5.96. The van der Waals surface area contributed by atoms with E-state index in [1.165, 1.54) is 11.0 Å². The van der Waals surface area contributed by atoms with Crippen molar-refractivity contribution in [1.82, 2.24) is 4.90 Å². The van der Waals surface area contributed by atoms with Crippen LogP contribution in [0, 0.1) is 0 Å². The van der Waals surface area contributed by atoms with Crippen LogP contribution in [0.4, 0.5) is 9.18 Å². The number of ether oxygens (including phenoxy) is 1. The molecule has 14 heavy (non-hydrogen) atoms. The van der Waals surface area contributed by atoms with Gasteiger partial charge in [-0.1, -0.05) is 15.9 Å². The van der Waals surface area contributed by atoms with Gasteiger partial charge in [-0.05, 0) is 26.8 Å². The van der Waals surface area contributed by atoms with Gasteiger partial charge in [0.25, 0.3) is 0 Å². The topological polar surface area (TPSA) is 29.5 Å². The second-order valence-corrected chi connectivity index (χ2v) is 4.19. The van der Waals surface area contributed by atoms with E-state index in [4.69, 9.17) is 4.74 Å². The van der Waals surface area contributed by atoms with Crippen molar-refractivity contribution in [3.8, 4) is 0 Å². The summed E-state index contributed by atoms with van der Waals surface area (Å²) in [5.74, 6) is 0. The molecule has 82 valence electrons. The number of hydrogen-bond donors (Lipinski definition) is 0. The van der Waals surface area contributed by atoms with E-state index in [-0.39, 0.29) is 6.54 Å². The zero-order chi connectivity index (χ0) is 11.2. The Morgan fingerprint density at radius 2 is 2.14 bits per heavy atom. The van der Waals surface area contributed by atoms with Crippen molar-refractivity contribution < 1.29 is 13.9 Å². The molecule has 0 bridgehead atoms. The largest absolute Gasteiger partial charge is 0.444 e. The summed E-state index contributed by atoms with van der Waals surface area (Å²) in [5, 5.41) is 0. The molecule has 0 aromatic carbocycles. The van der Waals surface area contributed by atoms with Gasteiger partial charge < -0.3 is 4.74 Å². The van der Waals surface area contributed by atoms with Crippen molar-refractivity contribution in [2.24, 2.45) is 0 Å². The normalized spacial score (nSPS) is 11.8. The molecule has 0 aliphatic carbocycles. The fraction of sp³-hybridized carbons (Fsp3) is 0.667. The quantitative estimate of drug-likeness (QED) is 0.581. The Kier molecular flexibility index (Phi) is 5.76. The number of nitrogens with zero attached hydrogens (tertiary/aromatic N) is 1. The van der Waals surface area contributed by atoms with Crippen LogP contribution >= 0.6 is 15.9 Å². The van der Waals surface area contributed by atoms with Crippen molar-refractivity contribution in [2.45, 2.75) is 26.4 Å². The molecule has 0 fully saturated rings. The van der Waals surface area contributed by atoms with Gasteiger partial charge in [-0.3, -0.25) is 4.90 Å². The summed E-state index contributed by atoms with van der Waals surface area (Å²) in [4.78, 5) is 12.7. The van der Waals surface area contributed by atoms with Crippen LogP contribution in [-0.2, 0) is 4.74 Å². The van der Waals surface area contributed by atoms with Crippen molar-refractivity contribution in [3.63, 3.8) is 0 Å². The lowest BCUT2D eigenvalue weighted by atomic mass is 10.2. The Labute approximate surface area is 92.0 Å². The van der Waals surface area contributed by atoms with Crippen LogP contribution in [0.5, 0.6) is 0 Å². The van der Waals surface area contributed by atoms with E-state index >= 15 is 0 Å². The van der Waals surface area contributed by atoms with E-state index in [1.54, 1.807) is 20.8 Å². The highest BCUT2D eigenvalue weighted by Gasteiger charge is 2.20. The van der Waals surface area contributed by atoms with Crippen LogP contribution in [0.2, 0.25) is 0 Å². The van der Waals surface area contributed by atoms with Crippen LogP contribution in [0.25, 0.3) is 0 Å². The first-order valence-electron chi connectivity index (χ1n) is 4.20. The lowest BCUT2D eigenvalue weighted by Gasteiger charge is -2.25. The van der Waals surface area contributed by atoms with Crippen LogP contribution in [0.15, 0.2) is 12.4 Å². The van der Waals surface area contributed by atoms with Gasteiger partial charge in [-0.15, -0.1) is 0 Å². The second-order valence-electron chi connectivity index (χ2n) is 3.68. The minimum Gasteiger partial charge on any atom is -0.444 e. The fourth-order valence-corrected chi connectivity index (χ4v) is 1.08. The maximum atomic E-state index is 11.7. The molecule has 0 rings (SSSR count). The maximum absolute atomic E-state index is 11.7. The predicted molar refractivity (Wildman–Crippen MR) is 57.0 cm³/mol. The minimum atomic E-state index is -0.531. The summed E-state index contributed by atoms with van der Waals surface area (Å²) in [7, 11) is 0. The van der Waals surface area contributed by atoms with Gasteiger partial charge in [-0.25, -0.2) is 9.18 Å². The molecule has 5 heteroatoms.